The van der Waals surface area contributed by atoms with E-state index in [0.29, 0.717) is 0 Å². The van der Waals surface area contributed by atoms with Crippen molar-refractivity contribution in [3.8, 4) is 0 Å². The molecule has 0 fully saturated rings. The summed E-state index contributed by atoms with van der Waals surface area (Å²) in [5.41, 5.74) is -0.492. The molecule has 0 amide bonds. The minimum Gasteiger partial charge on any atom is -0.481 e. The fraction of sp³-hybridized carbons (Fsp3) is 0.952. The molecule has 0 bridgehead atoms. The standard InChI is InChI=1S/C21H42O2.H3N/c1-4-6-8-9-10-11-12-13-14-15-16-17-19-21(3,20(22)23)18-7-5-2;/h4-19H2,1-3H3,(H,22,23);1H3. The first-order valence-corrected chi connectivity index (χ1v) is 10.3. The van der Waals surface area contributed by atoms with Crippen LogP contribution in [0.3, 0.4) is 0 Å². The minimum atomic E-state index is -0.603. The van der Waals surface area contributed by atoms with E-state index in [1.54, 1.807) is 0 Å². The molecule has 146 valence electrons. The molecule has 0 rings (SSSR count). The van der Waals surface area contributed by atoms with E-state index < -0.39 is 11.4 Å². The Morgan fingerprint density at radius 2 is 1.00 bits per heavy atom. The van der Waals surface area contributed by atoms with Crippen molar-refractivity contribution < 1.29 is 9.90 Å². The number of hydrogen-bond donors (Lipinski definition) is 2. The fourth-order valence-electron chi connectivity index (χ4n) is 3.26. The van der Waals surface area contributed by atoms with Crippen LogP contribution in [0.4, 0.5) is 0 Å². The highest BCUT2D eigenvalue weighted by Gasteiger charge is 2.31. The Kier molecular flexibility index (Phi) is 18.5. The zero-order valence-electron chi connectivity index (χ0n) is 16.9. The molecule has 1 atom stereocenters. The van der Waals surface area contributed by atoms with Gasteiger partial charge in [-0.05, 0) is 19.8 Å². The third kappa shape index (κ3) is 13.8. The summed E-state index contributed by atoms with van der Waals surface area (Å²) < 4.78 is 0. The van der Waals surface area contributed by atoms with E-state index in [9.17, 15) is 9.90 Å². The molecular weight excluding hydrogens is 298 g/mol. The summed E-state index contributed by atoms with van der Waals surface area (Å²) in [7, 11) is 0. The Hall–Kier alpha value is -0.570. The van der Waals surface area contributed by atoms with Gasteiger partial charge in [-0.2, -0.15) is 0 Å². The van der Waals surface area contributed by atoms with Crippen LogP contribution in [0.5, 0.6) is 0 Å². The van der Waals surface area contributed by atoms with Crippen molar-refractivity contribution >= 4 is 5.97 Å². The molecular formula is C21H45NO2. The van der Waals surface area contributed by atoms with Gasteiger partial charge in [0.1, 0.15) is 0 Å². The molecule has 0 aromatic rings. The van der Waals surface area contributed by atoms with Crippen LogP contribution in [0.2, 0.25) is 0 Å². The molecule has 4 N–H and O–H groups in total. The summed E-state index contributed by atoms with van der Waals surface area (Å²) in [6.45, 7) is 6.33. The zero-order valence-corrected chi connectivity index (χ0v) is 16.9. The van der Waals surface area contributed by atoms with Gasteiger partial charge in [-0.1, -0.05) is 104 Å². The maximum Gasteiger partial charge on any atom is 0.309 e. The van der Waals surface area contributed by atoms with Crippen molar-refractivity contribution in [1.82, 2.24) is 6.15 Å². The highest BCUT2D eigenvalue weighted by Crippen LogP contribution is 2.31. The Labute approximate surface area is 151 Å². The van der Waals surface area contributed by atoms with Gasteiger partial charge in [-0.3, -0.25) is 4.79 Å². The lowest BCUT2D eigenvalue weighted by Gasteiger charge is -2.24. The average Bonchev–Trinajstić information content (AvgIpc) is 2.53. The number of carboxylic acid groups (broad SMARTS) is 1. The van der Waals surface area contributed by atoms with Crippen molar-refractivity contribution in [2.45, 2.75) is 124 Å². The first-order chi connectivity index (χ1) is 11.1. The van der Waals surface area contributed by atoms with E-state index in [1.807, 2.05) is 6.92 Å². The van der Waals surface area contributed by atoms with Crippen LogP contribution in [0.15, 0.2) is 0 Å². The fourth-order valence-corrected chi connectivity index (χ4v) is 3.26. The monoisotopic (exact) mass is 343 g/mol. The Bertz CT molecular complexity index is 281. The second-order valence-corrected chi connectivity index (χ2v) is 7.61. The van der Waals surface area contributed by atoms with Crippen LogP contribution in [-0.2, 0) is 4.79 Å². The van der Waals surface area contributed by atoms with Crippen molar-refractivity contribution in [3.05, 3.63) is 0 Å². The highest BCUT2D eigenvalue weighted by atomic mass is 16.4. The van der Waals surface area contributed by atoms with E-state index in [2.05, 4.69) is 13.8 Å². The molecule has 0 radical (unpaired) electrons. The van der Waals surface area contributed by atoms with Gasteiger partial charge < -0.3 is 11.3 Å². The molecule has 0 heterocycles. The SMILES string of the molecule is CCCCCCCCCCCCCCC(C)(CCCC)C(=O)O.N. The second kappa shape index (κ2) is 17.3. The summed E-state index contributed by atoms with van der Waals surface area (Å²) in [6, 6.07) is 0. The Morgan fingerprint density at radius 1 is 0.667 bits per heavy atom. The van der Waals surface area contributed by atoms with Gasteiger partial charge in [0.05, 0.1) is 5.41 Å². The summed E-state index contributed by atoms with van der Waals surface area (Å²) in [4.78, 5) is 11.5. The lowest BCUT2D eigenvalue weighted by atomic mass is 9.80. The molecule has 0 saturated carbocycles. The molecule has 24 heavy (non-hydrogen) atoms. The topological polar surface area (TPSA) is 72.3 Å². The molecule has 0 spiro atoms. The summed E-state index contributed by atoms with van der Waals surface area (Å²) in [5, 5.41) is 9.44. The summed E-state index contributed by atoms with van der Waals surface area (Å²) in [5.74, 6) is -0.603. The van der Waals surface area contributed by atoms with Crippen LogP contribution in [0, 0.1) is 5.41 Å². The highest BCUT2D eigenvalue weighted by molar-refractivity contribution is 5.74. The maximum absolute atomic E-state index is 11.5. The summed E-state index contributed by atoms with van der Waals surface area (Å²) >= 11 is 0. The van der Waals surface area contributed by atoms with Crippen molar-refractivity contribution in [1.29, 1.82) is 0 Å². The van der Waals surface area contributed by atoms with Crippen LogP contribution in [0.1, 0.15) is 124 Å². The van der Waals surface area contributed by atoms with E-state index in [4.69, 9.17) is 0 Å². The Balaban J connectivity index is 0. The Morgan fingerprint density at radius 3 is 1.38 bits per heavy atom. The first-order valence-electron chi connectivity index (χ1n) is 10.3. The van der Waals surface area contributed by atoms with Gasteiger partial charge in [-0.25, -0.2) is 0 Å². The molecule has 0 aromatic heterocycles. The molecule has 0 aliphatic heterocycles. The van der Waals surface area contributed by atoms with E-state index >= 15 is 0 Å². The molecule has 1 unspecified atom stereocenters. The lowest BCUT2D eigenvalue weighted by Crippen LogP contribution is -2.27. The molecule has 3 nitrogen and oxygen atoms in total. The molecule has 3 heteroatoms. The van der Waals surface area contributed by atoms with Gasteiger partial charge in [0.25, 0.3) is 0 Å². The first kappa shape index (κ1) is 25.7. The number of hydrogen-bond acceptors (Lipinski definition) is 2. The number of aliphatic carboxylic acids is 1. The maximum atomic E-state index is 11.5. The van der Waals surface area contributed by atoms with E-state index in [-0.39, 0.29) is 6.15 Å². The molecule has 0 aromatic carbocycles. The number of carbonyl (C=O) groups is 1. The normalized spacial score (nSPS) is 13.3. The van der Waals surface area contributed by atoms with Gasteiger partial charge in [0, 0.05) is 0 Å². The van der Waals surface area contributed by atoms with Crippen LogP contribution in [-0.4, -0.2) is 11.1 Å². The number of unbranched alkanes of at least 4 members (excludes halogenated alkanes) is 12. The number of carboxylic acids is 1. The van der Waals surface area contributed by atoms with Crippen molar-refractivity contribution in [2.75, 3.05) is 0 Å². The summed E-state index contributed by atoms with van der Waals surface area (Å²) in [6.07, 6.45) is 19.8. The predicted octanol–water partition coefficient (Wildman–Crippen LogP) is 7.52. The van der Waals surface area contributed by atoms with Crippen molar-refractivity contribution in [3.63, 3.8) is 0 Å². The zero-order chi connectivity index (χ0) is 17.4. The van der Waals surface area contributed by atoms with Gasteiger partial charge in [0.2, 0.25) is 0 Å². The smallest absolute Gasteiger partial charge is 0.309 e. The quantitative estimate of drug-likeness (QED) is 0.268. The van der Waals surface area contributed by atoms with E-state index in [0.717, 1.165) is 32.1 Å². The third-order valence-electron chi connectivity index (χ3n) is 5.18. The van der Waals surface area contributed by atoms with Gasteiger partial charge in [-0.15, -0.1) is 0 Å². The van der Waals surface area contributed by atoms with Gasteiger partial charge >= 0.3 is 5.97 Å². The van der Waals surface area contributed by atoms with Crippen molar-refractivity contribution in [2.24, 2.45) is 5.41 Å². The number of rotatable bonds is 17. The van der Waals surface area contributed by atoms with Crippen LogP contribution in [0.25, 0.3) is 0 Å². The molecule has 0 aliphatic rings. The predicted molar refractivity (Wildman–Crippen MR) is 106 cm³/mol. The third-order valence-corrected chi connectivity index (χ3v) is 5.18. The molecule has 0 aliphatic carbocycles. The van der Waals surface area contributed by atoms with Crippen LogP contribution >= 0.6 is 0 Å². The van der Waals surface area contributed by atoms with Gasteiger partial charge in [0.15, 0.2) is 0 Å². The van der Waals surface area contributed by atoms with E-state index in [1.165, 1.54) is 70.6 Å². The lowest BCUT2D eigenvalue weighted by molar-refractivity contribution is -0.149. The largest absolute Gasteiger partial charge is 0.481 e. The average molecular weight is 344 g/mol. The molecule has 0 saturated heterocycles. The van der Waals surface area contributed by atoms with Crippen LogP contribution < -0.4 is 6.15 Å². The second-order valence-electron chi connectivity index (χ2n) is 7.61. The minimum absolute atomic E-state index is 0.